The summed E-state index contributed by atoms with van der Waals surface area (Å²) in [5, 5.41) is 2.96. The van der Waals surface area contributed by atoms with Crippen molar-refractivity contribution in [3.05, 3.63) is 35.5 Å². The van der Waals surface area contributed by atoms with E-state index in [2.05, 4.69) is 31.0 Å². The molecule has 5 heteroatoms. The van der Waals surface area contributed by atoms with Gasteiger partial charge in [-0.1, -0.05) is 29.9 Å². The Bertz CT molecular complexity index is 648. The van der Waals surface area contributed by atoms with Crippen molar-refractivity contribution in [3.8, 4) is 0 Å². The van der Waals surface area contributed by atoms with Gasteiger partial charge < -0.3 is 14.8 Å². The van der Waals surface area contributed by atoms with Gasteiger partial charge in [0.15, 0.2) is 0 Å². The lowest BCUT2D eigenvalue weighted by atomic mass is 9.83. The number of carbonyl (C=O) groups is 2. The summed E-state index contributed by atoms with van der Waals surface area (Å²) >= 11 is 0. The van der Waals surface area contributed by atoms with Crippen LogP contribution < -0.4 is 5.32 Å². The van der Waals surface area contributed by atoms with Crippen molar-refractivity contribution >= 4 is 12.1 Å². The lowest BCUT2D eigenvalue weighted by molar-refractivity contribution is -0.145. The zero-order valence-electron chi connectivity index (χ0n) is 15.1. The van der Waals surface area contributed by atoms with Crippen molar-refractivity contribution in [2.75, 3.05) is 13.7 Å². The van der Waals surface area contributed by atoms with Crippen LogP contribution in [0.25, 0.3) is 0 Å². The minimum absolute atomic E-state index is 0.0396. The number of methoxy groups -OCH3 is 1. The molecule has 1 heterocycles. The van der Waals surface area contributed by atoms with Gasteiger partial charge in [0.25, 0.3) is 0 Å². The maximum absolute atomic E-state index is 11.8. The molecule has 2 aliphatic carbocycles. The fourth-order valence-electron chi connectivity index (χ4n) is 4.19. The van der Waals surface area contributed by atoms with E-state index in [1.54, 1.807) is 0 Å². The van der Waals surface area contributed by atoms with Crippen molar-refractivity contribution in [3.63, 3.8) is 0 Å². The van der Waals surface area contributed by atoms with Gasteiger partial charge in [0, 0.05) is 0 Å². The summed E-state index contributed by atoms with van der Waals surface area (Å²) in [7, 11) is 1.45. The molecular formula is C20H27NO4. The van der Waals surface area contributed by atoms with Gasteiger partial charge in [-0.15, -0.1) is 0 Å². The topological polar surface area (TPSA) is 64.6 Å². The molecule has 1 saturated carbocycles. The number of ether oxygens (including phenoxy) is 2. The summed E-state index contributed by atoms with van der Waals surface area (Å²) in [5.41, 5.74) is 3.43. The highest BCUT2D eigenvalue weighted by Crippen LogP contribution is 2.41. The summed E-state index contributed by atoms with van der Waals surface area (Å²) in [6, 6.07) is 0. The second-order valence-corrected chi connectivity index (χ2v) is 7.60. The average molecular weight is 345 g/mol. The molecular weight excluding hydrogens is 318 g/mol. The fraction of sp³-hybridized carbons (Fsp3) is 0.600. The van der Waals surface area contributed by atoms with Crippen LogP contribution in [0.4, 0.5) is 4.79 Å². The van der Waals surface area contributed by atoms with E-state index in [1.807, 2.05) is 0 Å². The highest BCUT2D eigenvalue weighted by molar-refractivity contribution is 5.73. The highest BCUT2D eigenvalue weighted by Gasteiger charge is 2.45. The van der Waals surface area contributed by atoms with Gasteiger partial charge in [-0.2, -0.15) is 0 Å². The van der Waals surface area contributed by atoms with Crippen LogP contribution in [-0.2, 0) is 14.3 Å². The second-order valence-electron chi connectivity index (χ2n) is 7.60. The Morgan fingerprint density at radius 1 is 1.40 bits per heavy atom. The van der Waals surface area contributed by atoms with Gasteiger partial charge in [-0.3, -0.25) is 4.79 Å². The van der Waals surface area contributed by atoms with Crippen LogP contribution >= 0.6 is 0 Å². The lowest BCUT2D eigenvalue weighted by Gasteiger charge is -2.23. The molecule has 5 nitrogen and oxygen atoms in total. The normalized spacial score (nSPS) is 32.2. The SMILES string of the molecule is C=C(/C=C\C1=C(C)CC[C@H](C(=O)OC)C1)[C@H]1CC[C@]2(COC(=O)N2)C1. The molecule has 0 bridgehead atoms. The fourth-order valence-corrected chi connectivity index (χ4v) is 4.19. The minimum Gasteiger partial charge on any atom is -0.469 e. The Morgan fingerprint density at radius 3 is 2.88 bits per heavy atom. The first-order valence-electron chi connectivity index (χ1n) is 9.01. The summed E-state index contributed by atoms with van der Waals surface area (Å²) in [6.45, 7) is 6.83. The van der Waals surface area contributed by atoms with Crippen molar-refractivity contribution in [2.45, 2.75) is 51.0 Å². The zero-order valence-corrected chi connectivity index (χ0v) is 15.1. The number of hydrogen-bond donors (Lipinski definition) is 1. The predicted octanol–water partition coefficient (Wildman–Crippen LogP) is 3.67. The largest absolute Gasteiger partial charge is 0.469 e. The molecule has 25 heavy (non-hydrogen) atoms. The number of esters is 1. The van der Waals surface area contributed by atoms with Crippen LogP contribution in [0.15, 0.2) is 35.5 Å². The summed E-state index contributed by atoms with van der Waals surface area (Å²) in [4.78, 5) is 23.1. The van der Waals surface area contributed by atoms with Crippen LogP contribution in [0.2, 0.25) is 0 Å². The molecule has 1 saturated heterocycles. The first-order chi connectivity index (χ1) is 11.9. The van der Waals surface area contributed by atoms with E-state index in [0.717, 1.165) is 44.1 Å². The predicted molar refractivity (Wildman–Crippen MR) is 94.9 cm³/mol. The van der Waals surface area contributed by atoms with Gasteiger partial charge in [0.05, 0.1) is 18.6 Å². The van der Waals surface area contributed by atoms with E-state index in [9.17, 15) is 9.59 Å². The lowest BCUT2D eigenvalue weighted by Crippen LogP contribution is -2.40. The van der Waals surface area contributed by atoms with Gasteiger partial charge in [-0.25, -0.2) is 4.79 Å². The van der Waals surface area contributed by atoms with Gasteiger partial charge in [0.2, 0.25) is 0 Å². The third-order valence-electron chi connectivity index (χ3n) is 5.90. The first-order valence-corrected chi connectivity index (χ1v) is 9.01. The van der Waals surface area contributed by atoms with E-state index < -0.39 is 0 Å². The molecule has 2 fully saturated rings. The Hall–Kier alpha value is -2.04. The number of cyclic esters (lactones) is 1. The summed E-state index contributed by atoms with van der Waals surface area (Å²) < 4.78 is 9.98. The highest BCUT2D eigenvalue weighted by atomic mass is 16.6. The summed E-state index contributed by atoms with van der Waals surface area (Å²) in [5.74, 6) is 0.202. The van der Waals surface area contributed by atoms with Crippen molar-refractivity contribution in [1.29, 1.82) is 0 Å². The molecule has 1 N–H and O–H groups in total. The van der Waals surface area contributed by atoms with Gasteiger partial charge in [-0.05, 0) is 56.9 Å². The molecule has 0 aromatic heterocycles. The quantitative estimate of drug-likeness (QED) is 0.624. The van der Waals surface area contributed by atoms with Crippen LogP contribution in [0.3, 0.4) is 0 Å². The van der Waals surface area contributed by atoms with Crippen molar-refractivity contribution < 1.29 is 19.1 Å². The Kier molecular flexibility index (Phi) is 5.02. The number of allylic oxidation sites excluding steroid dienone is 5. The molecule has 0 radical (unpaired) electrons. The average Bonchev–Trinajstić information content (AvgIpc) is 3.19. The van der Waals surface area contributed by atoms with E-state index >= 15 is 0 Å². The third-order valence-corrected chi connectivity index (χ3v) is 5.90. The molecule has 1 amide bonds. The van der Waals surface area contributed by atoms with Gasteiger partial charge >= 0.3 is 12.1 Å². The molecule has 136 valence electrons. The summed E-state index contributed by atoms with van der Waals surface area (Å²) in [6.07, 6.45) is 9.24. The Labute approximate surface area is 149 Å². The molecule has 3 rings (SSSR count). The number of alkyl carbamates (subject to hydrolysis) is 1. The monoisotopic (exact) mass is 345 g/mol. The van der Waals surface area contributed by atoms with E-state index in [1.165, 1.54) is 18.3 Å². The molecule has 3 atom stereocenters. The second kappa shape index (κ2) is 7.06. The maximum Gasteiger partial charge on any atom is 0.407 e. The number of rotatable bonds is 4. The first kappa shape index (κ1) is 17.8. The number of nitrogens with one attached hydrogen (secondary N) is 1. The van der Waals surface area contributed by atoms with Crippen molar-refractivity contribution in [1.82, 2.24) is 5.32 Å². The molecule has 0 aromatic rings. The van der Waals surface area contributed by atoms with Crippen LogP contribution in [-0.4, -0.2) is 31.3 Å². The van der Waals surface area contributed by atoms with E-state index in [-0.39, 0.29) is 23.5 Å². The molecule has 3 aliphatic rings. The maximum atomic E-state index is 11.8. The molecule has 0 unspecified atom stereocenters. The van der Waals surface area contributed by atoms with Crippen molar-refractivity contribution in [2.24, 2.45) is 11.8 Å². The van der Waals surface area contributed by atoms with Gasteiger partial charge in [0.1, 0.15) is 6.61 Å². The smallest absolute Gasteiger partial charge is 0.407 e. The molecule has 1 spiro atoms. The number of amides is 1. The number of carbonyl (C=O) groups excluding carboxylic acids is 2. The Balaban J connectivity index is 1.61. The standard InChI is InChI=1S/C20H27NO4/c1-13-5-7-16(18(22)24-3)10-15(13)6-4-14(2)17-8-9-20(11-17)12-25-19(23)21-20/h4,6,16-17H,2,5,7-12H2,1,3H3,(H,21,23)/b6-4-/t16-,17-,20+/m0/s1. The van der Waals surface area contributed by atoms with E-state index in [0.29, 0.717) is 12.5 Å². The minimum atomic E-state index is -0.307. The zero-order chi connectivity index (χ0) is 18.0. The van der Waals surface area contributed by atoms with Crippen LogP contribution in [0, 0.1) is 11.8 Å². The Morgan fingerprint density at radius 2 is 2.20 bits per heavy atom. The van der Waals surface area contributed by atoms with E-state index in [4.69, 9.17) is 9.47 Å². The third kappa shape index (κ3) is 3.80. The number of hydrogen-bond acceptors (Lipinski definition) is 4. The van der Waals surface area contributed by atoms with Crippen LogP contribution in [0.1, 0.15) is 45.4 Å². The van der Waals surface area contributed by atoms with Crippen LogP contribution in [0.5, 0.6) is 0 Å². The molecule has 1 aliphatic heterocycles. The molecule has 0 aromatic carbocycles.